The Balaban J connectivity index is 1.50. The topological polar surface area (TPSA) is 30.3 Å². The fourth-order valence-corrected chi connectivity index (χ4v) is 2.81. The molecule has 2 aromatic rings. The Hall–Kier alpha value is -1.65. The molecule has 4 nitrogen and oxygen atoms in total. The number of pyridine rings is 1. The molecule has 21 heavy (non-hydrogen) atoms. The van der Waals surface area contributed by atoms with Crippen LogP contribution in [-0.4, -0.2) is 47.3 Å². The fourth-order valence-electron chi connectivity index (χ4n) is 2.81. The molecule has 3 heterocycles. The van der Waals surface area contributed by atoms with Crippen molar-refractivity contribution in [2.45, 2.75) is 19.4 Å². The molecule has 0 spiro atoms. The van der Waals surface area contributed by atoms with E-state index in [1.54, 1.807) is 0 Å². The van der Waals surface area contributed by atoms with E-state index in [1.165, 1.54) is 12.1 Å². The summed E-state index contributed by atoms with van der Waals surface area (Å²) in [6.07, 6.45) is 6.33. The molecule has 0 unspecified atom stereocenters. The Morgan fingerprint density at radius 2 is 2.00 bits per heavy atom. The van der Waals surface area contributed by atoms with E-state index in [9.17, 15) is 0 Å². The summed E-state index contributed by atoms with van der Waals surface area (Å²) in [6.45, 7) is 5.95. The van der Waals surface area contributed by atoms with Crippen molar-refractivity contribution in [1.82, 2.24) is 14.5 Å². The van der Waals surface area contributed by atoms with Crippen molar-refractivity contribution in [3.8, 4) is 0 Å². The SMILES string of the molecule is c1ccc(Cn2cccc2CCCN2CCOCC2)nc1. The summed E-state index contributed by atoms with van der Waals surface area (Å²) < 4.78 is 7.69. The average molecular weight is 285 g/mol. The summed E-state index contributed by atoms with van der Waals surface area (Å²) >= 11 is 0. The molecule has 1 aliphatic heterocycles. The molecule has 2 aromatic heterocycles. The molecule has 0 saturated carbocycles. The molecule has 1 fully saturated rings. The summed E-state index contributed by atoms with van der Waals surface area (Å²) in [5.74, 6) is 0. The maximum Gasteiger partial charge on any atom is 0.0645 e. The van der Waals surface area contributed by atoms with Crippen molar-refractivity contribution in [2.24, 2.45) is 0 Å². The fraction of sp³-hybridized carbons (Fsp3) is 0.471. The van der Waals surface area contributed by atoms with Gasteiger partial charge in [0.25, 0.3) is 0 Å². The minimum absolute atomic E-state index is 0.862. The van der Waals surface area contributed by atoms with E-state index >= 15 is 0 Å². The first-order valence-electron chi connectivity index (χ1n) is 7.76. The van der Waals surface area contributed by atoms with Crippen LogP contribution in [0.25, 0.3) is 0 Å². The van der Waals surface area contributed by atoms with Crippen molar-refractivity contribution in [3.05, 3.63) is 54.1 Å². The third kappa shape index (κ3) is 4.16. The largest absolute Gasteiger partial charge is 0.379 e. The first-order valence-corrected chi connectivity index (χ1v) is 7.76. The third-order valence-corrected chi connectivity index (χ3v) is 3.99. The lowest BCUT2D eigenvalue weighted by atomic mass is 10.2. The summed E-state index contributed by atoms with van der Waals surface area (Å²) in [5.41, 5.74) is 2.51. The summed E-state index contributed by atoms with van der Waals surface area (Å²) in [6, 6.07) is 10.4. The monoisotopic (exact) mass is 285 g/mol. The lowest BCUT2D eigenvalue weighted by Gasteiger charge is -2.26. The van der Waals surface area contributed by atoms with Gasteiger partial charge in [0, 0.05) is 31.2 Å². The van der Waals surface area contributed by atoms with Crippen LogP contribution in [0.1, 0.15) is 17.8 Å². The molecule has 0 atom stereocenters. The molecule has 0 aromatic carbocycles. The molecule has 1 aliphatic rings. The first kappa shape index (κ1) is 14.3. The second kappa shape index (κ2) is 7.38. The van der Waals surface area contributed by atoms with Gasteiger partial charge in [-0.05, 0) is 43.7 Å². The van der Waals surface area contributed by atoms with Crippen molar-refractivity contribution >= 4 is 0 Å². The highest BCUT2D eigenvalue weighted by Crippen LogP contribution is 2.09. The van der Waals surface area contributed by atoms with Gasteiger partial charge < -0.3 is 9.30 Å². The van der Waals surface area contributed by atoms with Crippen LogP contribution in [-0.2, 0) is 17.7 Å². The number of morpholine rings is 1. The number of rotatable bonds is 6. The lowest BCUT2D eigenvalue weighted by Crippen LogP contribution is -2.37. The van der Waals surface area contributed by atoms with Crippen LogP contribution in [0.3, 0.4) is 0 Å². The Morgan fingerprint density at radius 1 is 1.10 bits per heavy atom. The predicted molar refractivity (Wildman–Crippen MR) is 83.4 cm³/mol. The molecule has 0 bridgehead atoms. The van der Waals surface area contributed by atoms with E-state index in [2.05, 4.69) is 38.8 Å². The second-order valence-electron chi connectivity index (χ2n) is 5.51. The van der Waals surface area contributed by atoms with Crippen LogP contribution in [0.15, 0.2) is 42.7 Å². The number of ether oxygens (including phenoxy) is 1. The van der Waals surface area contributed by atoms with E-state index in [0.29, 0.717) is 0 Å². The van der Waals surface area contributed by atoms with Gasteiger partial charge in [-0.25, -0.2) is 0 Å². The van der Waals surface area contributed by atoms with E-state index in [-0.39, 0.29) is 0 Å². The molecule has 0 radical (unpaired) electrons. The molecule has 4 heteroatoms. The molecule has 112 valence electrons. The van der Waals surface area contributed by atoms with Gasteiger partial charge in [0.05, 0.1) is 25.5 Å². The van der Waals surface area contributed by atoms with Crippen LogP contribution in [0, 0.1) is 0 Å². The van der Waals surface area contributed by atoms with Crippen LogP contribution in [0.4, 0.5) is 0 Å². The standard InChI is InChI=1S/C17H23N3O/c1-2-8-18-16(5-1)15-20-10-4-7-17(20)6-3-9-19-11-13-21-14-12-19/h1-2,4-5,7-8,10H,3,6,9,11-15H2. The number of hydrogen-bond donors (Lipinski definition) is 0. The molecule has 1 saturated heterocycles. The average Bonchev–Trinajstić information content (AvgIpc) is 2.97. The van der Waals surface area contributed by atoms with E-state index in [4.69, 9.17) is 4.74 Å². The first-order chi connectivity index (χ1) is 10.4. The second-order valence-corrected chi connectivity index (χ2v) is 5.51. The maximum atomic E-state index is 5.38. The number of hydrogen-bond acceptors (Lipinski definition) is 3. The minimum Gasteiger partial charge on any atom is -0.379 e. The zero-order chi connectivity index (χ0) is 14.3. The molecular formula is C17H23N3O. The summed E-state index contributed by atoms with van der Waals surface area (Å²) in [5, 5.41) is 0. The highest BCUT2D eigenvalue weighted by atomic mass is 16.5. The van der Waals surface area contributed by atoms with Gasteiger partial charge in [-0.2, -0.15) is 0 Å². The minimum atomic E-state index is 0.862. The predicted octanol–water partition coefficient (Wildman–Crippen LogP) is 2.20. The zero-order valence-electron chi connectivity index (χ0n) is 12.4. The quantitative estimate of drug-likeness (QED) is 0.815. The summed E-state index contributed by atoms with van der Waals surface area (Å²) in [4.78, 5) is 6.90. The van der Waals surface area contributed by atoms with Gasteiger partial charge in [-0.3, -0.25) is 9.88 Å². The highest BCUT2D eigenvalue weighted by molar-refractivity contribution is 5.11. The van der Waals surface area contributed by atoms with E-state index in [0.717, 1.165) is 51.5 Å². The maximum absolute atomic E-state index is 5.38. The molecule has 0 aliphatic carbocycles. The number of aryl methyl sites for hydroxylation is 1. The Morgan fingerprint density at radius 3 is 2.81 bits per heavy atom. The molecular weight excluding hydrogens is 262 g/mol. The number of aromatic nitrogens is 2. The Labute approximate surface area is 126 Å². The zero-order valence-corrected chi connectivity index (χ0v) is 12.4. The van der Waals surface area contributed by atoms with E-state index < -0.39 is 0 Å². The van der Waals surface area contributed by atoms with Crippen LogP contribution >= 0.6 is 0 Å². The molecule has 0 amide bonds. The van der Waals surface area contributed by atoms with Gasteiger partial charge in [0.1, 0.15) is 0 Å². The summed E-state index contributed by atoms with van der Waals surface area (Å²) in [7, 11) is 0. The molecule has 3 rings (SSSR count). The van der Waals surface area contributed by atoms with Gasteiger partial charge in [0.15, 0.2) is 0 Å². The third-order valence-electron chi connectivity index (χ3n) is 3.99. The van der Waals surface area contributed by atoms with Crippen molar-refractivity contribution in [3.63, 3.8) is 0 Å². The van der Waals surface area contributed by atoms with Gasteiger partial charge >= 0.3 is 0 Å². The van der Waals surface area contributed by atoms with Crippen molar-refractivity contribution in [2.75, 3.05) is 32.8 Å². The van der Waals surface area contributed by atoms with Gasteiger partial charge in [-0.15, -0.1) is 0 Å². The van der Waals surface area contributed by atoms with Crippen molar-refractivity contribution in [1.29, 1.82) is 0 Å². The van der Waals surface area contributed by atoms with Crippen LogP contribution in [0.5, 0.6) is 0 Å². The normalized spacial score (nSPS) is 16.2. The van der Waals surface area contributed by atoms with Crippen molar-refractivity contribution < 1.29 is 4.74 Å². The highest BCUT2D eigenvalue weighted by Gasteiger charge is 2.10. The lowest BCUT2D eigenvalue weighted by molar-refractivity contribution is 0.0374. The Kier molecular flexibility index (Phi) is 5.03. The smallest absolute Gasteiger partial charge is 0.0645 e. The molecule has 0 N–H and O–H groups in total. The van der Waals surface area contributed by atoms with Crippen LogP contribution in [0.2, 0.25) is 0 Å². The van der Waals surface area contributed by atoms with E-state index in [1.807, 2.05) is 18.3 Å². The number of nitrogens with zero attached hydrogens (tertiary/aromatic N) is 3. The van der Waals surface area contributed by atoms with Gasteiger partial charge in [0.2, 0.25) is 0 Å². The van der Waals surface area contributed by atoms with Crippen LogP contribution < -0.4 is 0 Å². The Bertz CT molecular complexity index is 532. The van der Waals surface area contributed by atoms with Gasteiger partial charge in [-0.1, -0.05) is 6.07 Å².